The van der Waals surface area contributed by atoms with Crippen molar-refractivity contribution < 1.29 is 9.59 Å². The number of hydrogen-bond acceptors (Lipinski definition) is 3. The maximum Gasteiger partial charge on any atom is 0.240 e. The molecule has 1 atom stereocenters. The van der Waals surface area contributed by atoms with Gasteiger partial charge >= 0.3 is 0 Å². The Morgan fingerprint density at radius 1 is 1.38 bits per heavy atom. The zero-order chi connectivity index (χ0) is 10.4. The summed E-state index contributed by atoms with van der Waals surface area (Å²) >= 11 is 0. The number of nitrogens with two attached hydrogens (primary N) is 2. The van der Waals surface area contributed by atoms with Crippen LogP contribution in [0, 0.1) is 5.92 Å². The van der Waals surface area contributed by atoms with Gasteiger partial charge in [0.1, 0.15) is 6.04 Å². The van der Waals surface area contributed by atoms with Crippen LogP contribution < -0.4 is 16.8 Å². The molecule has 13 heavy (non-hydrogen) atoms. The predicted octanol–water partition coefficient (Wildman–Crippen LogP) is -1.04. The van der Waals surface area contributed by atoms with E-state index in [1.54, 1.807) is 0 Å². The van der Waals surface area contributed by atoms with E-state index in [4.69, 9.17) is 11.5 Å². The van der Waals surface area contributed by atoms with Crippen LogP contribution in [-0.2, 0) is 9.59 Å². The van der Waals surface area contributed by atoms with Crippen LogP contribution in [0.5, 0.6) is 0 Å². The highest BCUT2D eigenvalue weighted by atomic mass is 16.2. The molecule has 0 aliphatic carbocycles. The van der Waals surface area contributed by atoms with Gasteiger partial charge in [-0.2, -0.15) is 0 Å². The Morgan fingerprint density at radius 2 is 1.92 bits per heavy atom. The second-order valence-electron chi connectivity index (χ2n) is 3.36. The van der Waals surface area contributed by atoms with E-state index < -0.39 is 11.9 Å². The molecule has 2 amide bonds. The van der Waals surface area contributed by atoms with E-state index in [0.29, 0.717) is 12.3 Å². The topological polar surface area (TPSA) is 98.2 Å². The third kappa shape index (κ3) is 5.19. The molecule has 5 heteroatoms. The summed E-state index contributed by atoms with van der Waals surface area (Å²) in [5, 5.41) is 2.46. The highest BCUT2D eigenvalue weighted by molar-refractivity contribution is 5.87. The fourth-order valence-corrected chi connectivity index (χ4v) is 0.971. The van der Waals surface area contributed by atoms with Crippen molar-refractivity contribution in [2.75, 3.05) is 6.54 Å². The first-order valence-electron chi connectivity index (χ1n) is 4.26. The molecule has 0 saturated heterocycles. The first kappa shape index (κ1) is 11.9. The maximum atomic E-state index is 10.9. The Morgan fingerprint density at radius 3 is 2.23 bits per heavy atom. The first-order chi connectivity index (χ1) is 5.97. The molecule has 76 valence electrons. The van der Waals surface area contributed by atoms with E-state index in [9.17, 15) is 9.59 Å². The van der Waals surface area contributed by atoms with Crippen molar-refractivity contribution in [3.63, 3.8) is 0 Å². The van der Waals surface area contributed by atoms with Crippen LogP contribution in [0.3, 0.4) is 0 Å². The molecule has 0 unspecified atom stereocenters. The van der Waals surface area contributed by atoms with Crippen molar-refractivity contribution in [1.29, 1.82) is 0 Å². The molecule has 5 N–H and O–H groups in total. The molecule has 0 heterocycles. The fraction of sp³-hybridized carbons (Fsp3) is 0.750. The van der Waals surface area contributed by atoms with Crippen molar-refractivity contribution in [2.45, 2.75) is 26.3 Å². The van der Waals surface area contributed by atoms with Crippen molar-refractivity contribution >= 4 is 11.8 Å². The first-order valence-corrected chi connectivity index (χ1v) is 4.26. The van der Waals surface area contributed by atoms with Gasteiger partial charge in [-0.3, -0.25) is 9.59 Å². The molecule has 0 aliphatic rings. The summed E-state index contributed by atoms with van der Waals surface area (Å²) in [7, 11) is 0. The molecule has 0 fully saturated rings. The lowest BCUT2D eigenvalue weighted by atomic mass is 10.0. The fourth-order valence-electron chi connectivity index (χ4n) is 0.971. The van der Waals surface area contributed by atoms with E-state index in [0.717, 1.165) is 0 Å². The second-order valence-corrected chi connectivity index (χ2v) is 3.36. The van der Waals surface area contributed by atoms with E-state index >= 15 is 0 Å². The monoisotopic (exact) mass is 187 g/mol. The van der Waals surface area contributed by atoms with Gasteiger partial charge in [0.05, 0.1) is 6.54 Å². The Hall–Kier alpha value is -1.10. The van der Waals surface area contributed by atoms with Gasteiger partial charge in [0.2, 0.25) is 11.8 Å². The molecule has 0 bridgehead atoms. The molecule has 0 rings (SSSR count). The molecule has 0 radical (unpaired) electrons. The zero-order valence-corrected chi connectivity index (χ0v) is 8.04. The Kier molecular flexibility index (Phi) is 5.06. The van der Waals surface area contributed by atoms with E-state index in [1.165, 1.54) is 0 Å². The Balaban J connectivity index is 4.10. The quantitative estimate of drug-likeness (QED) is 0.512. The minimum Gasteiger partial charge on any atom is -0.368 e. The van der Waals surface area contributed by atoms with E-state index in [-0.39, 0.29) is 12.5 Å². The van der Waals surface area contributed by atoms with Crippen molar-refractivity contribution in [3.05, 3.63) is 0 Å². The summed E-state index contributed by atoms with van der Waals surface area (Å²) in [5.41, 5.74) is 10.2. The second kappa shape index (κ2) is 5.53. The number of carbonyl (C=O) groups is 2. The molecule has 0 spiro atoms. The van der Waals surface area contributed by atoms with Gasteiger partial charge in [-0.1, -0.05) is 13.8 Å². The number of hydrogen-bond donors (Lipinski definition) is 3. The van der Waals surface area contributed by atoms with Crippen molar-refractivity contribution in [3.8, 4) is 0 Å². The lowest BCUT2D eigenvalue weighted by molar-refractivity contribution is -0.126. The summed E-state index contributed by atoms with van der Waals surface area (Å²) in [6, 6.07) is -0.601. The van der Waals surface area contributed by atoms with Crippen LogP contribution in [0.2, 0.25) is 0 Å². The zero-order valence-electron chi connectivity index (χ0n) is 8.04. The number of rotatable bonds is 5. The largest absolute Gasteiger partial charge is 0.368 e. The number of amides is 2. The van der Waals surface area contributed by atoms with Gasteiger partial charge in [-0.15, -0.1) is 0 Å². The Labute approximate surface area is 77.8 Å². The normalized spacial score (nSPS) is 12.6. The molecule has 0 aromatic heterocycles. The van der Waals surface area contributed by atoms with Crippen LogP contribution in [0.15, 0.2) is 0 Å². The molecule has 5 nitrogen and oxygen atoms in total. The summed E-state index contributed by atoms with van der Waals surface area (Å²) in [4.78, 5) is 21.7. The SMILES string of the molecule is CC(C)C[C@H](NC(=O)CN)C(N)=O. The highest BCUT2D eigenvalue weighted by Crippen LogP contribution is 2.03. The average Bonchev–Trinajstić information content (AvgIpc) is 2.02. The number of nitrogens with one attached hydrogen (secondary N) is 1. The van der Waals surface area contributed by atoms with Crippen LogP contribution in [0.25, 0.3) is 0 Å². The van der Waals surface area contributed by atoms with Crippen LogP contribution in [0.1, 0.15) is 20.3 Å². The van der Waals surface area contributed by atoms with Crippen LogP contribution >= 0.6 is 0 Å². The minimum absolute atomic E-state index is 0.123. The van der Waals surface area contributed by atoms with Gasteiger partial charge in [-0.05, 0) is 12.3 Å². The standard InChI is InChI=1S/C8H17N3O2/c1-5(2)3-6(8(10)13)11-7(12)4-9/h5-6H,3-4,9H2,1-2H3,(H2,10,13)(H,11,12)/t6-/m0/s1. The molecule has 0 saturated carbocycles. The molecular weight excluding hydrogens is 170 g/mol. The summed E-state index contributed by atoms with van der Waals surface area (Å²) < 4.78 is 0. The van der Waals surface area contributed by atoms with Crippen molar-refractivity contribution in [2.24, 2.45) is 17.4 Å². The number of primary amides is 1. The third-order valence-electron chi connectivity index (χ3n) is 1.57. The predicted molar refractivity (Wildman–Crippen MR) is 49.6 cm³/mol. The lowest BCUT2D eigenvalue weighted by Crippen LogP contribution is -2.47. The average molecular weight is 187 g/mol. The summed E-state index contributed by atoms with van der Waals surface area (Å²) in [5.74, 6) is -0.574. The van der Waals surface area contributed by atoms with Gasteiger partial charge in [0.15, 0.2) is 0 Å². The van der Waals surface area contributed by atoms with Crippen LogP contribution in [0.4, 0.5) is 0 Å². The number of carbonyl (C=O) groups excluding carboxylic acids is 2. The molecular formula is C8H17N3O2. The summed E-state index contributed by atoms with van der Waals surface area (Å²) in [6.45, 7) is 3.77. The molecule has 0 aliphatic heterocycles. The smallest absolute Gasteiger partial charge is 0.240 e. The lowest BCUT2D eigenvalue weighted by Gasteiger charge is -2.16. The van der Waals surface area contributed by atoms with Crippen molar-refractivity contribution in [1.82, 2.24) is 5.32 Å². The third-order valence-corrected chi connectivity index (χ3v) is 1.57. The van der Waals surface area contributed by atoms with Gasteiger partial charge < -0.3 is 16.8 Å². The summed E-state index contributed by atoms with van der Waals surface area (Å²) in [6.07, 6.45) is 0.543. The van der Waals surface area contributed by atoms with Gasteiger partial charge in [-0.25, -0.2) is 0 Å². The van der Waals surface area contributed by atoms with E-state index in [2.05, 4.69) is 5.32 Å². The van der Waals surface area contributed by atoms with Gasteiger partial charge in [0, 0.05) is 0 Å². The maximum absolute atomic E-state index is 10.9. The molecule has 0 aromatic carbocycles. The molecule has 0 aromatic rings. The van der Waals surface area contributed by atoms with Crippen LogP contribution in [-0.4, -0.2) is 24.4 Å². The highest BCUT2D eigenvalue weighted by Gasteiger charge is 2.18. The minimum atomic E-state index is -0.601. The van der Waals surface area contributed by atoms with E-state index in [1.807, 2.05) is 13.8 Å². The Bertz CT molecular complexity index is 192. The van der Waals surface area contributed by atoms with Gasteiger partial charge in [0.25, 0.3) is 0 Å².